The molecular weight excluding hydrogens is 460 g/mol. The fraction of sp³-hybridized carbons (Fsp3) is 0. The third-order valence-electron chi connectivity index (χ3n) is 3.01. The van der Waals surface area contributed by atoms with E-state index >= 15 is 0 Å². The van der Waals surface area contributed by atoms with Crippen LogP contribution in [-0.2, 0) is 0 Å². The van der Waals surface area contributed by atoms with Crippen LogP contribution in [0, 0.1) is 0 Å². The van der Waals surface area contributed by atoms with Crippen molar-refractivity contribution in [1.82, 2.24) is 0 Å². The first-order valence-corrected chi connectivity index (χ1v) is 9.14. The third-order valence-corrected chi connectivity index (χ3v) is 6.27. The van der Waals surface area contributed by atoms with Gasteiger partial charge < -0.3 is 15.1 Å². The zero-order chi connectivity index (χ0) is 17.1. The van der Waals surface area contributed by atoms with Gasteiger partial charge in [0.2, 0.25) is 0 Å². The Hall–Kier alpha value is -1.90. The van der Waals surface area contributed by atoms with E-state index < -0.39 is 0 Å². The van der Waals surface area contributed by atoms with E-state index in [0.29, 0.717) is 16.3 Å². The number of furan rings is 1. The second-order valence-corrected chi connectivity index (χ2v) is 7.92. The predicted octanol–water partition coefficient (Wildman–Crippen LogP) is 5.37. The number of rotatable bonds is 4. The molecule has 8 heteroatoms. The molecule has 0 aliphatic rings. The van der Waals surface area contributed by atoms with Gasteiger partial charge in [-0.05, 0) is 74.3 Å². The summed E-state index contributed by atoms with van der Waals surface area (Å²) in [7, 11) is 0. The molecule has 3 aromatic rings. The minimum absolute atomic E-state index is 0.196. The molecule has 2 amide bonds. The van der Waals surface area contributed by atoms with E-state index in [9.17, 15) is 9.59 Å². The zero-order valence-electron chi connectivity index (χ0n) is 12.0. The van der Waals surface area contributed by atoms with Gasteiger partial charge in [0, 0.05) is 15.8 Å². The van der Waals surface area contributed by atoms with Gasteiger partial charge in [0.25, 0.3) is 11.8 Å². The van der Waals surface area contributed by atoms with Crippen molar-refractivity contribution in [2.45, 2.75) is 0 Å². The molecule has 122 valence electrons. The largest absolute Gasteiger partial charge is 0.459 e. The van der Waals surface area contributed by atoms with Crippen molar-refractivity contribution in [3.05, 3.63) is 67.6 Å². The van der Waals surface area contributed by atoms with E-state index in [1.165, 1.54) is 17.6 Å². The minimum Gasteiger partial charge on any atom is -0.459 e. The van der Waals surface area contributed by atoms with Gasteiger partial charge in [0.05, 0.1) is 14.9 Å². The molecule has 0 unspecified atom stereocenters. The highest BCUT2D eigenvalue weighted by Gasteiger charge is 2.13. The number of halogens is 2. The van der Waals surface area contributed by atoms with Crippen LogP contribution in [0.2, 0.25) is 0 Å². The Kier molecular flexibility index (Phi) is 5.17. The van der Waals surface area contributed by atoms with Crippen LogP contribution in [0.5, 0.6) is 0 Å². The molecule has 0 fully saturated rings. The lowest BCUT2D eigenvalue weighted by molar-refractivity contribution is 0.0994. The first-order chi connectivity index (χ1) is 11.5. The Balaban J connectivity index is 1.64. The van der Waals surface area contributed by atoms with Crippen LogP contribution in [0.3, 0.4) is 0 Å². The molecule has 0 saturated carbocycles. The number of hydrogen-bond donors (Lipinski definition) is 2. The summed E-state index contributed by atoms with van der Waals surface area (Å²) in [6.45, 7) is 0. The molecular formula is C16H10Br2N2O3S. The van der Waals surface area contributed by atoms with Crippen molar-refractivity contribution in [3.63, 3.8) is 0 Å². The van der Waals surface area contributed by atoms with Gasteiger partial charge in [-0.25, -0.2) is 0 Å². The molecule has 0 radical (unpaired) electrons. The molecule has 0 saturated heterocycles. The van der Waals surface area contributed by atoms with Gasteiger partial charge in [-0.3, -0.25) is 9.59 Å². The van der Waals surface area contributed by atoms with Crippen LogP contribution in [0.15, 0.2) is 61.4 Å². The van der Waals surface area contributed by atoms with Gasteiger partial charge in [-0.1, -0.05) is 0 Å². The summed E-state index contributed by atoms with van der Waals surface area (Å²) in [6, 6.07) is 11.8. The molecule has 0 atom stereocenters. The fourth-order valence-corrected chi connectivity index (χ4v) is 3.82. The average molecular weight is 470 g/mol. The molecule has 24 heavy (non-hydrogen) atoms. The van der Waals surface area contributed by atoms with Crippen LogP contribution in [0.1, 0.15) is 20.2 Å². The van der Waals surface area contributed by atoms with Gasteiger partial charge in [-0.15, -0.1) is 11.3 Å². The molecule has 2 N–H and O–H groups in total. The average Bonchev–Trinajstić information content (AvgIpc) is 3.20. The van der Waals surface area contributed by atoms with Crippen LogP contribution >= 0.6 is 43.2 Å². The normalized spacial score (nSPS) is 10.4. The Labute approximate surface area is 158 Å². The summed E-state index contributed by atoms with van der Waals surface area (Å²) in [5, 5.41) is 5.52. The monoisotopic (exact) mass is 468 g/mol. The number of carbonyl (C=O) groups excluding carboxylic acids is 2. The Bertz CT molecular complexity index is 854. The van der Waals surface area contributed by atoms with Crippen LogP contribution in [0.4, 0.5) is 11.4 Å². The number of carbonyl (C=O) groups is 2. The van der Waals surface area contributed by atoms with E-state index in [4.69, 9.17) is 4.42 Å². The molecule has 0 spiro atoms. The Morgan fingerprint density at radius 3 is 2.08 bits per heavy atom. The number of nitrogens with one attached hydrogen (secondary N) is 2. The molecule has 0 aliphatic heterocycles. The highest BCUT2D eigenvalue weighted by atomic mass is 79.9. The lowest BCUT2D eigenvalue weighted by Gasteiger charge is -2.06. The lowest BCUT2D eigenvalue weighted by Crippen LogP contribution is -2.12. The molecule has 1 aromatic carbocycles. The standard InChI is InChI=1S/C16H10Br2N2O3S/c17-11-8-13(24-14(11)18)16(22)20-10-5-3-9(4-6-10)19-15(21)12-2-1-7-23-12/h1-8H,(H,19,21)(H,20,22). The molecule has 0 bridgehead atoms. The topological polar surface area (TPSA) is 71.3 Å². The number of benzene rings is 1. The second-order valence-electron chi connectivity index (χ2n) is 4.70. The van der Waals surface area contributed by atoms with Crippen molar-refractivity contribution >= 4 is 66.4 Å². The summed E-state index contributed by atoms with van der Waals surface area (Å²) in [5.41, 5.74) is 1.24. The van der Waals surface area contributed by atoms with Crippen molar-refractivity contribution in [2.24, 2.45) is 0 Å². The maximum atomic E-state index is 12.2. The zero-order valence-corrected chi connectivity index (χ0v) is 16.0. The Morgan fingerprint density at radius 2 is 1.58 bits per heavy atom. The summed E-state index contributed by atoms with van der Waals surface area (Å²) >= 11 is 8.06. The van der Waals surface area contributed by atoms with Gasteiger partial charge in [0.1, 0.15) is 0 Å². The van der Waals surface area contributed by atoms with E-state index in [0.717, 1.165) is 8.26 Å². The quantitative estimate of drug-likeness (QED) is 0.539. The van der Waals surface area contributed by atoms with E-state index in [-0.39, 0.29) is 17.6 Å². The van der Waals surface area contributed by atoms with Crippen molar-refractivity contribution in [2.75, 3.05) is 10.6 Å². The molecule has 5 nitrogen and oxygen atoms in total. The predicted molar refractivity (Wildman–Crippen MR) is 101 cm³/mol. The number of anilines is 2. The molecule has 2 heterocycles. The summed E-state index contributed by atoms with van der Waals surface area (Å²) in [4.78, 5) is 24.6. The summed E-state index contributed by atoms with van der Waals surface area (Å²) < 4.78 is 6.73. The highest BCUT2D eigenvalue weighted by molar-refractivity contribution is 9.13. The van der Waals surface area contributed by atoms with E-state index in [1.54, 1.807) is 42.5 Å². The summed E-state index contributed by atoms with van der Waals surface area (Å²) in [5.74, 6) is -0.287. The number of thiophene rings is 1. The van der Waals surface area contributed by atoms with Crippen LogP contribution < -0.4 is 10.6 Å². The third kappa shape index (κ3) is 3.95. The lowest BCUT2D eigenvalue weighted by atomic mass is 10.2. The smallest absolute Gasteiger partial charge is 0.291 e. The van der Waals surface area contributed by atoms with Crippen molar-refractivity contribution < 1.29 is 14.0 Å². The maximum Gasteiger partial charge on any atom is 0.291 e. The summed E-state index contributed by atoms with van der Waals surface area (Å²) in [6.07, 6.45) is 1.44. The molecule has 3 rings (SSSR count). The maximum absolute atomic E-state index is 12.2. The van der Waals surface area contributed by atoms with Crippen molar-refractivity contribution in [1.29, 1.82) is 0 Å². The first-order valence-electron chi connectivity index (χ1n) is 6.74. The molecule has 0 aliphatic carbocycles. The van der Waals surface area contributed by atoms with Gasteiger partial charge >= 0.3 is 0 Å². The Morgan fingerprint density at radius 1 is 0.958 bits per heavy atom. The first kappa shape index (κ1) is 16.9. The second kappa shape index (κ2) is 7.33. The number of hydrogen-bond acceptors (Lipinski definition) is 4. The van der Waals surface area contributed by atoms with E-state index in [1.807, 2.05) is 0 Å². The molecule has 2 aromatic heterocycles. The fourth-order valence-electron chi connectivity index (χ4n) is 1.89. The van der Waals surface area contributed by atoms with Crippen LogP contribution in [-0.4, -0.2) is 11.8 Å². The minimum atomic E-state index is -0.329. The van der Waals surface area contributed by atoms with Gasteiger partial charge in [0.15, 0.2) is 5.76 Å². The number of amides is 2. The van der Waals surface area contributed by atoms with Crippen molar-refractivity contribution in [3.8, 4) is 0 Å². The SMILES string of the molecule is O=C(Nc1ccc(NC(=O)c2cc(Br)c(Br)s2)cc1)c1ccco1. The highest BCUT2D eigenvalue weighted by Crippen LogP contribution is 2.32. The van der Waals surface area contributed by atoms with Crippen LogP contribution in [0.25, 0.3) is 0 Å². The van der Waals surface area contributed by atoms with E-state index in [2.05, 4.69) is 42.5 Å². The van der Waals surface area contributed by atoms with Gasteiger partial charge in [-0.2, -0.15) is 0 Å².